The Morgan fingerprint density at radius 2 is 0.860 bits per heavy atom. The van der Waals surface area contributed by atoms with Crippen LogP contribution in [0.15, 0.2) is 134 Å². The highest BCUT2D eigenvalue weighted by atomic mass is 19.1. The second-order valence-electron chi connectivity index (χ2n) is 33.8. The van der Waals surface area contributed by atoms with Crippen LogP contribution in [0.5, 0.6) is 0 Å². The maximum Gasteiger partial charge on any atom is 0.255 e. The molecule has 0 bridgehead atoms. The molecule has 0 aliphatic carbocycles. The van der Waals surface area contributed by atoms with Gasteiger partial charge in [0.25, 0.3) is 17.7 Å². The Morgan fingerprint density at radius 3 is 1.33 bits per heavy atom. The van der Waals surface area contributed by atoms with Gasteiger partial charge in [-0.25, -0.2) is 44.3 Å². The summed E-state index contributed by atoms with van der Waals surface area (Å²) in [6.07, 6.45) is 10.9. The minimum Gasteiger partial charge on any atom is -0.369 e. The molecule has 4 aliphatic heterocycles. The van der Waals surface area contributed by atoms with Crippen molar-refractivity contribution in [1.29, 1.82) is 5.26 Å². The summed E-state index contributed by atoms with van der Waals surface area (Å²) < 4.78 is 22.0. The lowest BCUT2D eigenvalue weighted by Crippen LogP contribution is -2.43. The van der Waals surface area contributed by atoms with Crippen molar-refractivity contribution in [3.8, 4) is 6.07 Å². The molecule has 620 valence electrons. The zero-order valence-corrected chi connectivity index (χ0v) is 71.4. The number of hydrogen-bond donors (Lipinski definition) is 4. The number of pyridine rings is 8. The third kappa shape index (κ3) is 14.7. The zero-order chi connectivity index (χ0) is 84.8. The molecular formula is C93H103FN24O3. The average Bonchev–Trinajstić information content (AvgIpc) is 1.60. The lowest BCUT2D eigenvalue weighted by Gasteiger charge is -2.33. The summed E-state index contributed by atoms with van der Waals surface area (Å²) in [5.74, 6) is -0.866. The van der Waals surface area contributed by atoms with Crippen LogP contribution in [0.3, 0.4) is 0 Å². The second kappa shape index (κ2) is 32.4. The highest BCUT2D eigenvalue weighted by molar-refractivity contribution is 6.11. The molecule has 3 amide bonds. The van der Waals surface area contributed by atoms with Crippen LogP contribution in [0.1, 0.15) is 111 Å². The predicted octanol–water partition coefficient (Wildman–Crippen LogP) is 12.9. The predicted molar refractivity (Wildman–Crippen MR) is 482 cm³/mol. The van der Waals surface area contributed by atoms with Crippen LogP contribution >= 0.6 is 0 Å². The molecule has 4 atom stereocenters. The topological polar surface area (TPSA) is 281 Å². The number of nitrogens with zero attached hydrogens (tertiary/aromatic N) is 20. The first-order valence-corrected chi connectivity index (χ1v) is 41.7. The number of carbonyl (C=O) groups excluding carboxylic acids is 3. The van der Waals surface area contributed by atoms with Crippen molar-refractivity contribution in [3.63, 3.8) is 0 Å². The van der Waals surface area contributed by atoms with Gasteiger partial charge in [0.15, 0.2) is 22.6 Å². The molecule has 16 heterocycles. The quantitative estimate of drug-likeness (QED) is 0.0936. The summed E-state index contributed by atoms with van der Waals surface area (Å²) in [5, 5.41) is 22.2. The molecule has 0 unspecified atom stereocenters. The molecule has 16 aromatic rings. The van der Waals surface area contributed by atoms with E-state index in [9.17, 15) is 24.0 Å². The molecule has 12 aromatic heterocycles. The summed E-state index contributed by atoms with van der Waals surface area (Å²) in [6, 6.07) is 40.8. The average molecular weight is 1620 g/mol. The van der Waals surface area contributed by atoms with Crippen LogP contribution in [0.2, 0.25) is 0 Å². The first-order valence-electron chi connectivity index (χ1n) is 41.7. The third-order valence-corrected chi connectivity index (χ3v) is 24.9. The van der Waals surface area contributed by atoms with Crippen LogP contribution in [0, 0.1) is 51.8 Å². The van der Waals surface area contributed by atoms with E-state index in [0.717, 1.165) is 184 Å². The molecule has 5 N–H and O–H groups in total. The van der Waals surface area contributed by atoms with Crippen molar-refractivity contribution < 1.29 is 18.8 Å². The van der Waals surface area contributed by atoms with Gasteiger partial charge in [0.2, 0.25) is 0 Å². The van der Waals surface area contributed by atoms with Crippen LogP contribution in [-0.4, -0.2) is 229 Å². The molecule has 20 rings (SSSR count). The van der Waals surface area contributed by atoms with E-state index in [1.807, 2.05) is 96.6 Å². The van der Waals surface area contributed by atoms with Gasteiger partial charge in [0, 0.05) is 171 Å². The number of anilines is 4. The van der Waals surface area contributed by atoms with Gasteiger partial charge in [0.1, 0.15) is 34.5 Å². The number of aromatic nitrogens is 12. The van der Waals surface area contributed by atoms with Crippen LogP contribution in [-0.2, 0) is 0 Å². The number of piperidine rings is 1. The molecule has 4 aromatic carbocycles. The van der Waals surface area contributed by atoms with Gasteiger partial charge < -0.3 is 56.0 Å². The summed E-state index contributed by atoms with van der Waals surface area (Å²) in [6.45, 7) is 21.7. The smallest absolute Gasteiger partial charge is 0.255 e. The number of hydrogen-bond acceptors (Lipinski definition) is 20. The number of aryl methyl sites for hydroxylation is 5. The Morgan fingerprint density at radius 1 is 0.446 bits per heavy atom. The number of benzene rings is 4. The lowest BCUT2D eigenvalue weighted by atomic mass is 10.0. The number of amides is 3. The van der Waals surface area contributed by atoms with Crippen molar-refractivity contribution in [2.75, 3.05) is 128 Å². The maximum absolute atomic E-state index is 14.1. The fourth-order valence-electron chi connectivity index (χ4n) is 18.1. The van der Waals surface area contributed by atoms with Crippen LogP contribution in [0.4, 0.5) is 27.1 Å². The Hall–Kier alpha value is -12.8. The van der Waals surface area contributed by atoms with Gasteiger partial charge in [-0.05, 0) is 242 Å². The fraction of sp³-hybridized carbons (Fsp3) is 0.355. The molecule has 0 spiro atoms. The van der Waals surface area contributed by atoms with E-state index in [4.69, 9.17) is 35.6 Å². The van der Waals surface area contributed by atoms with Crippen molar-refractivity contribution in [3.05, 3.63) is 190 Å². The molecule has 4 saturated heterocycles. The number of imidazole rings is 4. The van der Waals surface area contributed by atoms with Gasteiger partial charge in [-0.1, -0.05) is 12.1 Å². The molecule has 28 heteroatoms. The van der Waals surface area contributed by atoms with Crippen molar-refractivity contribution >= 4 is 151 Å². The molecule has 4 aliphatic rings. The number of halogens is 1. The maximum atomic E-state index is 14.1. The number of likely N-dealkylation sites (N-methyl/N-ethyl adjacent to an activating group) is 3. The number of nitrogens with one attached hydrogen (secondary N) is 3. The van der Waals surface area contributed by atoms with E-state index in [0.29, 0.717) is 79.6 Å². The first-order chi connectivity index (χ1) is 58.3. The molecule has 0 saturated carbocycles. The van der Waals surface area contributed by atoms with E-state index in [2.05, 4.69) is 183 Å². The van der Waals surface area contributed by atoms with Crippen molar-refractivity contribution in [2.24, 2.45) is 5.73 Å². The SMILES string of the molecule is CC(C)NC(=O)c1cc2c(N3CCC[C@@H](N)C3)ccnc2n2c1nc1ccc(F)cc12.CNC(=O)c1cc2c(N3CC[C@H](N(C)C)C3)cc(C)nc2n2c1nc1ccccc12.CNC(=O)c1cc2c(N3CC[C@H](N(C)C)C3)ccnc2n2c1nc1cc(C)c(C)cc12.Cc1cc2nc3c(C#N)cc4c(N5CC[C@H](N(C)C)C5)ccnc4n3c2cc1C. The number of carbonyl (C=O) groups is 3. The van der Waals surface area contributed by atoms with E-state index >= 15 is 0 Å². The molecule has 0 radical (unpaired) electrons. The summed E-state index contributed by atoms with van der Waals surface area (Å²) in [4.78, 5) is 93.1. The standard InChI is InChI=1S/C24H28N6O.C23H25FN6O.C23H26N6O.C23H24N6/c1-14-10-19-21(11-15(14)2)30-22-17(12-18(23(30)27-19)24(31)25-3)20(6-8-26-22)29-9-7-16(13-29)28(4)5;1-13(2)27-23(31)17-11-16-19(29-9-3-4-15(25)12-29)7-8-26-21(16)30-20-10-14(24)5-6-18(20)28-22(17)30;1-14-11-20(28-10-9-15(13-28)27(3)4)16-12-17(23(30)24-2)22-26-18-7-5-6-8-19(18)29(22)21(16)25-14;1-14-9-19-21(10-15(14)2)29-22(26-19)16(12-24)11-18-20(5-7-25-23(18)29)28-8-6-17(13-28)27(3)4/h6,8,10-12,16H,7,9,13H2,1-5H3,(H,25,31);5-8,10-11,13,15H,3-4,9,12,25H2,1-2H3,(H,27,31);5-8,11-12,15H,9-10,13H2,1-4H3,(H,24,30);5,7,9-11,17H,6,8,13H2,1-4H3/t16-;2*15-;17-/m0100/s1. The Bertz CT molecular complexity index is 6890. The number of para-hydroxylation sites is 2. The second-order valence-corrected chi connectivity index (χ2v) is 33.8. The summed E-state index contributed by atoms with van der Waals surface area (Å²) in [5.41, 5.74) is 30.8. The number of nitriles is 1. The van der Waals surface area contributed by atoms with Crippen LogP contribution < -0.4 is 41.3 Å². The fourth-order valence-corrected chi connectivity index (χ4v) is 18.1. The number of rotatable bonds is 11. The van der Waals surface area contributed by atoms with Crippen molar-refractivity contribution in [2.45, 2.75) is 111 Å². The largest absolute Gasteiger partial charge is 0.369 e. The van der Waals surface area contributed by atoms with E-state index in [-0.39, 0.29) is 35.6 Å². The number of fused-ring (bicyclic) bond motifs is 20. The monoisotopic (exact) mass is 1620 g/mol. The third-order valence-electron chi connectivity index (χ3n) is 24.9. The zero-order valence-electron chi connectivity index (χ0n) is 71.4. The summed E-state index contributed by atoms with van der Waals surface area (Å²) in [7, 11) is 16.1. The summed E-state index contributed by atoms with van der Waals surface area (Å²) >= 11 is 0. The molecular weight excluding hydrogens is 1520 g/mol. The van der Waals surface area contributed by atoms with Gasteiger partial charge in [-0.3, -0.25) is 32.0 Å². The minimum atomic E-state index is -0.363. The Kier molecular flexibility index (Phi) is 21.6. The van der Waals surface area contributed by atoms with Gasteiger partial charge in [0.05, 0.1) is 66.4 Å². The highest BCUT2D eigenvalue weighted by Crippen LogP contribution is 2.40. The minimum absolute atomic E-state index is 0.0291. The first kappa shape index (κ1) is 80.6. The molecule has 4 fully saturated rings. The van der Waals surface area contributed by atoms with Crippen LogP contribution in [0.25, 0.3) is 111 Å². The Balaban J connectivity index is 0.000000115. The highest BCUT2D eigenvalue weighted by Gasteiger charge is 2.33. The normalized spacial score (nSPS) is 17.0. The van der Waals surface area contributed by atoms with Gasteiger partial charge in [-0.2, -0.15) is 5.26 Å². The Labute approximate surface area is 700 Å². The van der Waals surface area contributed by atoms with Gasteiger partial charge >= 0.3 is 0 Å². The van der Waals surface area contributed by atoms with E-state index in [1.165, 1.54) is 34.4 Å². The van der Waals surface area contributed by atoms with E-state index in [1.54, 1.807) is 30.8 Å². The van der Waals surface area contributed by atoms with E-state index < -0.39 is 0 Å². The number of nitrogens with two attached hydrogens (primary N) is 1. The molecule has 27 nitrogen and oxygen atoms in total. The van der Waals surface area contributed by atoms with Gasteiger partial charge in [-0.15, -0.1) is 0 Å². The molecule has 121 heavy (non-hydrogen) atoms. The van der Waals surface area contributed by atoms with Crippen molar-refractivity contribution in [1.82, 2.24) is 88.1 Å². The lowest BCUT2D eigenvalue weighted by molar-refractivity contribution is 0.0940.